The Kier molecular flexibility index (Phi) is 5.75. The maximum absolute atomic E-state index is 15.0. The van der Waals surface area contributed by atoms with Crippen LogP contribution in [0.3, 0.4) is 0 Å². The van der Waals surface area contributed by atoms with Gasteiger partial charge in [-0.1, -0.05) is 24.0 Å². The van der Waals surface area contributed by atoms with Crippen molar-refractivity contribution in [3.63, 3.8) is 0 Å². The first-order valence-corrected chi connectivity index (χ1v) is 10.9. The van der Waals surface area contributed by atoms with Crippen molar-refractivity contribution < 1.29 is 21.9 Å². The van der Waals surface area contributed by atoms with Gasteiger partial charge >= 0.3 is 0 Å². The van der Waals surface area contributed by atoms with Gasteiger partial charge in [0.15, 0.2) is 11.5 Å². The van der Waals surface area contributed by atoms with Crippen molar-refractivity contribution in [1.82, 2.24) is 15.2 Å². The number of aromatic amines is 1. The number of anilines is 1. The normalized spacial score (nSPS) is 11.1. The van der Waals surface area contributed by atoms with E-state index in [0.717, 1.165) is 12.1 Å². The van der Waals surface area contributed by atoms with E-state index in [-0.39, 0.29) is 17.3 Å². The van der Waals surface area contributed by atoms with Crippen LogP contribution < -0.4 is 9.46 Å². The van der Waals surface area contributed by atoms with E-state index in [1.807, 2.05) is 0 Å². The lowest BCUT2D eigenvalue weighted by molar-refractivity contribution is 0.331. The molecule has 0 saturated carbocycles. The third-order valence-electron chi connectivity index (χ3n) is 4.40. The quantitative estimate of drug-likeness (QED) is 0.447. The predicted octanol–water partition coefficient (Wildman–Crippen LogP) is 3.84. The Morgan fingerprint density at radius 1 is 1.12 bits per heavy atom. The molecule has 2 aromatic heterocycles. The SMILES string of the molecule is CCOc1ccccc1S(=O)(=O)Nc1ccc(F)c(C#Cc2cnc3[nH]ncc3c2)c1F. The third kappa shape index (κ3) is 4.24. The highest BCUT2D eigenvalue weighted by Gasteiger charge is 2.22. The molecule has 0 spiro atoms. The Morgan fingerprint density at radius 2 is 1.94 bits per heavy atom. The summed E-state index contributed by atoms with van der Waals surface area (Å²) in [5.41, 5.74) is -0.0491. The molecule has 10 heteroatoms. The number of nitrogens with zero attached hydrogens (tertiary/aromatic N) is 2. The van der Waals surface area contributed by atoms with Gasteiger partial charge in [-0.3, -0.25) is 9.82 Å². The van der Waals surface area contributed by atoms with E-state index in [4.69, 9.17) is 4.74 Å². The van der Waals surface area contributed by atoms with Crippen molar-refractivity contribution in [2.45, 2.75) is 11.8 Å². The summed E-state index contributed by atoms with van der Waals surface area (Å²) in [5.74, 6) is 3.12. The van der Waals surface area contributed by atoms with Crippen molar-refractivity contribution in [1.29, 1.82) is 0 Å². The molecule has 32 heavy (non-hydrogen) atoms. The van der Waals surface area contributed by atoms with Crippen LogP contribution >= 0.6 is 0 Å². The average molecular weight is 454 g/mol. The van der Waals surface area contributed by atoms with Crippen LogP contribution in [0, 0.1) is 23.5 Å². The number of fused-ring (bicyclic) bond motifs is 1. The van der Waals surface area contributed by atoms with Crippen molar-refractivity contribution in [2.75, 3.05) is 11.3 Å². The second-order valence-corrected chi connectivity index (χ2v) is 8.20. The number of hydrogen-bond donors (Lipinski definition) is 2. The number of H-pyrrole nitrogens is 1. The molecule has 0 bridgehead atoms. The highest BCUT2D eigenvalue weighted by Crippen LogP contribution is 2.28. The first-order chi connectivity index (χ1) is 15.4. The van der Waals surface area contributed by atoms with Gasteiger partial charge in [-0.05, 0) is 37.3 Å². The fourth-order valence-electron chi connectivity index (χ4n) is 2.93. The predicted molar refractivity (Wildman–Crippen MR) is 115 cm³/mol. The summed E-state index contributed by atoms with van der Waals surface area (Å²) in [5, 5.41) is 7.22. The summed E-state index contributed by atoms with van der Waals surface area (Å²) in [7, 11) is -4.21. The third-order valence-corrected chi connectivity index (χ3v) is 5.80. The zero-order valence-electron chi connectivity index (χ0n) is 16.7. The minimum atomic E-state index is -4.21. The monoisotopic (exact) mass is 454 g/mol. The van der Waals surface area contributed by atoms with Crippen molar-refractivity contribution in [2.24, 2.45) is 0 Å². The number of hydrogen-bond acceptors (Lipinski definition) is 5. The summed E-state index contributed by atoms with van der Waals surface area (Å²) in [4.78, 5) is 3.94. The number of sulfonamides is 1. The molecule has 4 aromatic rings. The van der Waals surface area contributed by atoms with Crippen LogP contribution in [0.2, 0.25) is 0 Å². The van der Waals surface area contributed by atoms with Gasteiger partial charge in [-0.15, -0.1) is 0 Å². The number of benzene rings is 2. The topological polar surface area (TPSA) is 97.0 Å². The maximum atomic E-state index is 15.0. The number of para-hydroxylation sites is 1. The standard InChI is InChI=1S/C22H16F2N4O3S/c1-2-31-19-5-3-4-6-20(19)32(29,30)28-18-10-9-17(23)16(21(18)24)8-7-14-11-15-13-26-27-22(15)25-12-14/h3-6,9-13,28H,2H2,1H3,(H,25,26,27). The molecule has 2 N–H and O–H groups in total. The van der Waals surface area contributed by atoms with Gasteiger partial charge in [0.2, 0.25) is 0 Å². The van der Waals surface area contributed by atoms with Crippen LogP contribution in [0.4, 0.5) is 14.5 Å². The number of nitrogens with one attached hydrogen (secondary N) is 2. The molecule has 0 fully saturated rings. The zero-order valence-corrected chi connectivity index (χ0v) is 17.5. The number of halogens is 2. The second kappa shape index (κ2) is 8.64. The lowest BCUT2D eigenvalue weighted by Gasteiger charge is -2.13. The van der Waals surface area contributed by atoms with Crippen LogP contribution in [-0.4, -0.2) is 30.2 Å². The van der Waals surface area contributed by atoms with Crippen LogP contribution in [-0.2, 0) is 10.0 Å². The fourth-order valence-corrected chi connectivity index (χ4v) is 4.14. The van der Waals surface area contributed by atoms with Gasteiger partial charge in [-0.2, -0.15) is 5.10 Å². The molecule has 0 atom stereocenters. The van der Waals surface area contributed by atoms with Gasteiger partial charge in [0.05, 0.1) is 24.1 Å². The Labute approximate surface area is 182 Å². The Morgan fingerprint density at radius 3 is 2.75 bits per heavy atom. The van der Waals surface area contributed by atoms with Crippen molar-refractivity contribution in [3.05, 3.63) is 77.6 Å². The van der Waals surface area contributed by atoms with Gasteiger partial charge in [-0.25, -0.2) is 22.2 Å². The first-order valence-electron chi connectivity index (χ1n) is 9.43. The number of rotatable bonds is 5. The Balaban J connectivity index is 1.68. The van der Waals surface area contributed by atoms with E-state index in [9.17, 15) is 12.8 Å². The first kappa shape index (κ1) is 21.3. The van der Waals surface area contributed by atoms with Crippen molar-refractivity contribution >= 4 is 26.7 Å². The molecule has 0 saturated heterocycles. The van der Waals surface area contributed by atoms with Crippen LogP contribution in [0.5, 0.6) is 5.75 Å². The minimum Gasteiger partial charge on any atom is -0.492 e. The number of pyridine rings is 1. The molecule has 7 nitrogen and oxygen atoms in total. The van der Waals surface area contributed by atoms with Crippen LogP contribution in [0.1, 0.15) is 18.1 Å². The average Bonchev–Trinajstić information content (AvgIpc) is 3.24. The summed E-state index contributed by atoms with van der Waals surface area (Å²) >= 11 is 0. The molecule has 0 amide bonds. The lowest BCUT2D eigenvalue weighted by atomic mass is 10.1. The number of ether oxygens (including phenoxy) is 1. The molecule has 0 aliphatic heterocycles. The molecule has 0 radical (unpaired) electrons. The molecule has 162 valence electrons. The lowest BCUT2D eigenvalue weighted by Crippen LogP contribution is -2.16. The zero-order chi connectivity index (χ0) is 22.7. The molecule has 2 heterocycles. The smallest absolute Gasteiger partial charge is 0.265 e. The largest absolute Gasteiger partial charge is 0.492 e. The molecule has 0 aliphatic carbocycles. The van der Waals surface area contributed by atoms with E-state index < -0.39 is 32.9 Å². The van der Waals surface area contributed by atoms with Crippen LogP contribution in [0.25, 0.3) is 11.0 Å². The summed E-state index contributed by atoms with van der Waals surface area (Å²) in [6.07, 6.45) is 2.98. The Hall–Kier alpha value is -3.97. The van der Waals surface area contributed by atoms with Gasteiger partial charge in [0.1, 0.15) is 16.5 Å². The van der Waals surface area contributed by atoms with E-state index in [1.54, 1.807) is 25.3 Å². The molecular formula is C22H16F2N4O3S. The molecule has 0 unspecified atom stereocenters. The molecule has 2 aromatic carbocycles. The number of aromatic nitrogens is 3. The van der Waals surface area contributed by atoms with Gasteiger partial charge in [0.25, 0.3) is 10.0 Å². The minimum absolute atomic E-state index is 0.118. The van der Waals surface area contributed by atoms with E-state index in [0.29, 0.717) is 16.6 Å². The van der Waals surface area contributed by atoms with E-state index >= 15 is 4.39 Å². The van der Waals surface area contributed by atoms with Crippen molar-refractivity contribution in [3.8, 4) is 17.6 Å². The highest BCUT2D eigenvalue weighted by atomic mass is 32.2. The molecular weight excluding hydrogens is 438 g/mol. The molecule has 0 aliphatic rings. The van der Waals surface area contributed by atoms with Gasteiger partial charge in [0, 0.05) is 17.1 Å². The highest BCUT2D eigenvalue weighted by molar-refractivity contribution is 7.92. The summed E-state index contributed by atoms with van der Waals surface area (Å²) in [6, 6.07) is 9.54. The fraction of sp³-hybridized carbons (Fsp3) is 0.0909. The van der Waals surface area contributed by atoms with Gasteiger partial charge < -0.3 is 4.74 Å². The maximum Gasteiger partial charge on any atom is 0.265 e. The van der Waals surface area contributed by atoms with E-state index in [1.165, 1.54) is 24.4 Å². The molecule has 4 rings (SSSR count). The van der Waals surface area contributed by atoms with Crippen LogP contribution in [0.15, 0.2) is 59.8 Å². The summed E-state index contributed by atoms with van der Waals surface area (Å²) < 4.78 is 62.4. The Bertz CT molecular complexity index is 1470. The van der Waals surface area contributed by atoms with E-state index in [2.05, 4.69) is 31.7 Å². The second-order valence-electron chi connectivity index (χ2n) is 6.55. The summed E-state index contributed by atoms with van der Waals surface area (Å²) in [6.45, 7) is 1.96.